The molecule has 0 fully saturated rings. The van der Waals surface area contributed by atoms with E-state index in [9.17, 15) is 4.79 Å². The molecule has 0 saturated carbocycles. The maximum Gasteiger partial charge on any atom is 0.267 e. The van der Waals surface area contributed by atoms with Gasteiger partial charge in [-0.15, -0.1) is 10.2 Å². The lowest BCUT2D eigenvalue weighted by molar-refractivity contribution is 0.0947. The Kier molecular flexibility index (Phi) is 4.23. The third kappa shape index (κ3) is 3.31. The normalized spacial score (nSPS) is 12.1. The van der Waals surface area contributed by atoms with E-state index in [4.69, 9.17) is 0 Å². The summed E-state index contributed by atoms with van der Waals surface area (Å²) in [5.74, 6) is 0.818. The highest BCUT2D eigenvalue weighted by molar-refractivity contribution is 5.93. The van der Waals surface area contributed by atoms with Crippen LogP contribution in [-0.2, 0) is 7.05 Å². The van der Waals surface area contributed by atoms with Gasteiger partial charge in [0.2, 0.25) is 0 Å². The highest BCUT2D eigenvalue weighted by Crippen LogP contribution is 2.18. The van der Waals surface area contributed by atoms with Crippen LogP contribution in [0, 0.1) is 0 Å². The van der Waals surface area contributed by atoms with Crippen molar-refractivity contribution in [2.45, 2.75) is 12.8 Å². The van der Waals surface area contributed by atoms with Crippen molar-refractivity contribution in [3.63, 3.8) is 0 Å². The number of aromatic nitrogens is 4. The van der Waals surface area contributed by atoms with Crippen molar-refractivity contribution in [3.8, 4) is 11.3 Å². The van der Waals surface area contributed by atoms with Crippen LogP contribution < -0.4 is 5.32 Å². The van der Waals surface area contributed by atoms with Gasteiger partial charge in [-0.3, -0.25) is 4.79 Å². The van der Waals surface area contributed by atoms with E-state index in [1.807, 2.05) is 54.9 Å². The van der Waals surface area contributed by atoms with E-state index in [-0.39, 0.29) is 11.8 Å². The SMILES string of the molecule is C[C@H](CNC(=O)c1ccc(-c2ccccc2)[nH]1)c1nncn1C. The lowest BCUT2D eigenvalue weighted by Crippen LogP contribution is -2.28. The van der Waals surface area contributed by atoms with Crippen LogP contribution in [0.25, 0.3) is 11.3 Å². The topological polar surface area (TPSA) is 75.6 Å². The Balaban J connectivity index is 1.63. The Morgan fingerprint density at radius 2 is 2.04 bits per heavy atom. The summed E-state index contributed by atoms with van der Waals surface area (Å²) >= 11 is 0. The maximum atomic E-state index is 12.3. The Morgan fingerprint density at radius 3 is 2.74 bits per heavy atom. The molecule has 118 valence electrons. The number of benzene rings is 1. The van der Waals surface area contributed by atoms with Crippen LogP contribution in [0.3, 0.4) is 0 Å². The second kappa shape index (κ2) is 6.48. The molecular formula is C17H19N5O. The molecule has 2 heterocycles. The molecule has 0 aliphatic rings. The first-order valence-corrected chi connectivity index (χ1v) is 7.51. The summed E-state index contributed by atoms with van der Waals surface area (Å²) in [5, 5.41) is 10.9. The first-order chi connectivity index (χ1) is 11.1. The van der Waals surface area contributed by atoms with Gasteiger partial charge in [0, 0.05) is 25.2 Å². The summed E-state index contributed by atoms with van der Waals surface area (Å²) < 4.78 is 1.86. The molecule has 2 N–H and O–H groups in total. The summed E-state index contributed by atoms with van der Waals surface area (Å²) in [4.78, 5) is 15.4. The lowest BCUT2D eigenvalue weighted by Gasteiger charge is -2.11. The second-order valence-corrected chi connectivity index (χ2v) is 5.56. The molecule has 0 bridgehead atoms. The van der Waals surface area contributed by atoms with Crippen molar-refractivity contribution in [2.24, 2.45) is 7.05 Å². The van der Waals surface area contributed by atoms with Crippen molar-refractivity contribution in [2.75, 3.05) is 6.54 Å². The highest BCUT2D eigenvalue weighted by Gasteiger charge is 2.14. The van der Waals surface area contributed by atoms with Crippen LogP contribution in [0.15, 0.2) is 48.8 Å². The predicted octanol–water partition coefficient (Wildman–Crippen LogP) is 2.34. The Morgan fingerprint density at radius 1 is 1.26 bits per heavy atom. The minimum absolute atomic E-state index is 0.0926. The van der Waals surface area contributed by atoms with Crippen molar-refractivity contribution < 1.29 is 4.79 Å². The van der Waals surface area contributed by atoms with Crippen molar-refractivity contribution in [3.05, 3.63) is 60.3 Å². The molecule has 23 heavy (non-hydrogen) atoms. The summed E-state index contributed by atoms with van der Waals surface area (Å²) in [6, 6.07) is 13.6. The van der Waals surface area contributed by atoms with Crippen LogP contribution in [0.1, 0.15) is 29.2 Å². The standard InChI is InChI=1S/C17H19N5O/c1-12(16-21-19-11-22(16)2)10-18-17(23)15-9-8-14(20-15)13-6-4-3-5-7-13/h3-9,11-12,20H,10H2,1-2H3,(H,18,23)/t12-/m1/s1. The largest absolute Gasteiger partial charge is 0.351 e. The first-order valence-electron chi connectivity index (χ1n) is 7.51. The fourth-order valence-corrected chi connectivity index (χ4v) is 2.48. The number of nitrogens with zero attached hydrogens (tertiary/aromatic N) is 3. The van der Waals surface area contributed by atoms with E-state index in [0.717, 1.165) is 17.1 Å². The number of carbonyl (C=O) groups excluding carboxylic acids is 1. The number of hydrogen-bond donors (Lipinski definition) is 2. The first kappa shape index (κ1) is 15.0. The molecule has 6 nitrogen and oxygen atoms in total. The van der Waals surface area contributed by atoms with Crippen LogP contribution in [-0.4, -0.2) is 32.2 Å². The van der Waals surface area contributed by atoms with Crippen LogP contribution in [0.5, 0.6) is 0 Å². The molecule has 0 spiro atoms. The number of rotatable bonds is 5. The van der Waals surface area contributed by atoms with Gasteiger partial charge in [-0.1, -0.05) is 37.3 Å². The van der Waals surface area contributed by atoms with Crippen LogP contribution in [0.2, 0.25) is 0 Å². The molecule has 3 rings (SSSR count). The zero-order valence-corrected chi connectivity index (χ0v) is 13.2. The average molecular weight is 309 g/mol. The molecule has 0 aliphatic carbocycles. The number of H-pyrrole nitrogens is 1. The maximum absolute atomic E-state index is 12.3. The van der Waals surface area contributed by atoms with Crippen molar-refractivity contribution >= 4 is 5.91 Å². The van der Waals surface area contributed by atoms with Gasteiger partial charge < -0.3 is 14.9 Å². The minimum atomic E-state index is -0.124. The fraction of sp³-hybridized carbons (Fsp3) is 0.235. The van der Waals surface area contributed by atoms with E-state index in [0.29, 0.717) is 12.2 Å². The molecule has 0 radical (unpaired) electrons. The zero-order valence-electron chi connectivity index (χ0n) is 13.2. The summed E-state index contributed by atoms with van der Waals surface area (Å²) in [5.41, 5.74) is 2.53. The lowest BCUT2D eigenvalue weighted by atomic mass is 10.1. The van der Waals surface area contributed by atoms with Crippen molar-refractivity contribution in [1.29, 1.82) is 0 Å². The van der Waals surface area contributed by atoms with Gasteiger partial charge >= 0.3 is 0 Å². The van der Waals surface area contributed by atoms with Gasteiger partial charge in [0.1, 0.15) is 17.8 Å². The van der Waals surface area contributed by atoms with Gasteiger partial charge in [0.05, 0.1) is 0 Å². The van der Waals surface area contributed by atoms with E-state index < -0.39 is 0 Å². The predicted molar refractivity (Wildman–Crippen MR) is 88.0 cm³/mol. The zero-order chi connectivity index (χ0) is 16.2. The van der Waals surface area contributed by atoms with Gasteiger partial charge in [-0.2, -0.15) is 0 Å². The van der Waals surface area contributed by atoms with Crippen LogP contribution >= 0.6 is 0 Å². The van der Waals surface area contributed by atoms with Crippen LogP contribution in [0.4, 0.5) is 0 Å². The Bertz CT molecular complexity index is 790. The Hall–Kier alpha value is -2.89. The number of aryl methyl sites for hydroxylation is 1. The summed E-state index contributed by atoms with van der Waals surface area (Å²) in [7, 11) is 1.89. The van der Waals surface area contributed by atoms with Crippen molar-refractivity contribution in [1.82, 2.24) is 25.1 Å². The molecule has 1 atom stereocenters. The van der Waals surface area contributed by atoms with E-state index >= 15 is 0 Å². The quantitative estimate of drug-likeness (QED) is 0.759. The molecule has 0 unspecified atom stereocenters. The molecular weight excluding hydrogens is 290 g/mol. The Labute approximate surface area is 134 Å². The number of aromatic amines is 1. The third-order valence-electron chi connectivity index (χ3n) is 3.77. The molecule has 1 amide bonds. The third-order valence-corrected chi connectivity index (χ3v) is 3.77. The monoisotopic (exact) mass is 309 g/mol. The highest BCUT2D eigenvalue weighted by atomic mass is 16.1. The molecule has 0 aliphatic heterocycles. The number of hydrogen-bond acceptors (Lipinski definition) is 3. The molecule has 6 heteroatoms. The van der Waals surface area contributed by atoms with Gasteiger partial charge in [0.15, 0.2) is 0 Å². The smallest absolute Gasteiger partial charge is 0.267 e. The van der Waals surface area contributed by atoms with Gasteiger partial charge in [-0.05, 0) is 17.7 Å². The average Bonchev–Trinajstić information content (AvgIpc) is 3.22. The second-order valence-electron chi connectivity index (χ2n) is 5.56. The summed E-state index contributed by atoms with van der Waals surface area (Å²) in [6.45, 7) is 2.51. The van der Waals surface area contributed by atoms with E-state index in [2.05, 4.69) is 20.5 Å². The fourth-order valence-electron chi connectivity index (χ4n) is 2.48. The summed E-state index contributed by atoms with van der Waals surface area (Å²) in [6.07, 6.45) is 1.66. The molecule has 1 aromatic carbocycles. The number of carbonyl (C=O) groups is 1. The molecule has 0 saturated heterocycles. The van der Waals surface area contributed by atoms with Gasteiger partial charge in [0.25, 0.3) is 5.91 Å². The molecule has 3 aromatic rings. The number of amides is 1. The van der Waals surface area contributed by atoms with E-state index in [1.165, 1.54) is 0 Å². The van der Waals surface area contributed by atoms with E-state index in [1.54, 1.807) is 12.4 Å². The molecule has 2 aromatic heterocycles. The minimum Gasteiger partial charge on any atom is -0.351 e. The van der Waals surface area contributed by atoms with Gasteiger partial charge in [-0.25, -0.2) is 0 Å². The number of nitrogens with one attached hydrogen (secondary N) is 2.